The molecule has 0 atom stereocenters. The number of carbonyl (C=O) groups excluding carboxylic acids is 1. The quantitative estimate of drug-likeness (QED) is 0.546. The number of rotatable bonds is 5. The number of hydrogen-bond acceptors (Lipinski definition) is 6. The second-order valence-electron chi connectivity index (χ2n) is 6.50. The maximum Gasteiger partial charge on any atom is 0.269 e. The van der Waals surface area contributed by atoms with Gasteiger partial charge in [-0.15, -0.1) is 11.3 Å². The molecular formula is C21H17N3O4S. The van der Waals surface area contributed by atoms with Crippen molar-refractivity contribution in [3.8, 4) is 28.5 Å². The highest BCUT2D eigenvalue weighted by molar-refractivity contribution is 7.15. The van der Waals surface area contributed by atoms with Gasteiger partial charge in [0.15, 0.2) is 16.5 Å². The van der Waals surface area contributed by atoms with Gasteiger partial charge in [-0.1, -0.05) is 18.2 Å². The number of nitrogens with zero attached hydrogens (tertiary/aromatic N) is 2. The Morgan fingerprint density at radius 3 is 3.03 bits per heavy atom. The van der Waals surface area contributed by atoms with Crippen LogP contribution in [0.1, 0.15) is 16.1 Å². The van der Waals surface area contributed by atoms with Crippen LogP contribution in [0, 0.1) is 0 Å². The Kier molecular flexibility index (Phi) is 4.33. The van der Waals surface area contributed by atoms with E-state index in [-0.39, 0.29) is 12.7 Å². The highest BCUT2D eigenvalue weighted by Crippen LogP contribution is 2.32. The summed E-state index contributed by atoms with van der Waals surface area (Å²) in [6, 6.07) is 13.3. The van der Waals surface area contributed by atoms with E-state index in [9.17, 15) is 4.79 Å². The van der Waals surface area contributed by atoms with Crippen LogP contribution in [-0.4, -0.2) is 29.2 Å². The summed E-state index contributed by atoms with van der Waals surface area (Å²) in [6.07, 6.45) is 1.87. The van der Waals surface area contributed by atoms with Crippen LogP contribution in [0.25, 0.3) is 16.2 Å². The second-order valence-corrected chi connectivity index (χ2v) is 7.34. The molecular weight excluding hydrogens is 390 g/mol. The Morgan fingerprint density at radius 1 is 1.24 bits per heavy atom. The molecule has 0 spiro atoms. The SMILES string of the molecule is COc1cccc(-c2cn3c(C(=O)NCc4ccc5c(c4)OCO5)csc3n2)c1. The Hall–Kier alpha value is -3.52. The predicted octanol–water partition coefficient (Wildman–Crippen LogP) is 3.73. The number of nitrogens with one attached hydrogen (secondary N) is 1. The summed E-state index contributed by atoms with van der Waals surface area (Å²) in [6.45, 7) is 0.624. The van der Waals surface area contributed by atoms with Gasteiger partial charge < -0.3 is 19.5 Å². The first kappa shape index (κ1) is 17.6. The number of carbonyl (C=O) groups is 1. The van der Waals surface area contributed by atoms with E-state index in [0.29, 0.717) is 18.0 Å². The number of benzene rings is 2. The number of imidazole rings is 1. The minimum atomic E-state index is -0.163. The smallest absolute Gasteiger partial charge is 0.269 e. The van der Waals surface area contributed by atoms with Crippen LogP contribution in [0.5, 0.6) is 17.2 Å². The molecule has 4 aromatic rings. The van der Waals surface area contributed by atoms with Gasteiger partial charge in [-0.25, -0.2) is 4.98 Å². The summed E-state index contributed by atoms with van der Waals surface area (Å²) in [5, 5.41) is 4.77. The van der Waals surface area contributed by atoms with E-state index in [0.717, 1.165) is 33.3 Å². The average molecular weight is 407 g/mol. The van der Waals surface area contributed by atoms with Gasteiger partial charge in [-0.2, -0.15) is 0 Å². The van der Waals surface area contributed by atoms with Crippen LogP contribution in [0.15, 0.2) is 54.0 Å². The van der Waals surface area contributed by atoms with Gasteiger partial charge in [0.2, 0.25) is 6.79 Å². The van der Waals surface area contributed by atoms with Gasteiger partial charge >= 0.3 is 0 Å². The fourth-order valence-corrected chi connectivity index (χ4v) is 4.05. The molecule has 1 N–H and O–H groups in total. The minimum Gasteiger partial charge on any atom is -0.497 e. The molecule has 0 bridgehead atoms. The fraction of sp³-hybridized carbons (Fsp3) is 0.143. The van der Waals surface area contributed by atoms with E-state index in [1.807, 2.05) is 58.4 Å². The first-order valence-corrected chi connectivity index (χ1v) is 9.87. The lowest BCUT2D eigenvalue weighted by molar-refractivity contribution is 0.0945. The van der Waals surface area contributed by atoms with Gasteiger partial charge in [0.1, 0.15) is 11.4 Å². The zero-order chi connectivity index (χ0) is 19.8. The van der Waals surface area contributed by atoms with Crippen LogP contribution in [0.2, 0.25) is 0 Å². The van der Waals surface area contributed by atoms with Crippen LogP contribution >= 0.6 is 11.3 Å². The maximum absolute atomic E-state index is 12.7. The third-order valence-corrected chi connectivity index (χ3v) is 5.54. The molecule has 3 heterocycles. The Bertz CT molecular complexity index is 1210. The molecule has 2 aromatic carbocycles. The number of thiazole rings is 1. The average Bonchev–Trinajstić information content (AvgIpc) is 3.47. The van der Waals surface area contributed by atoms with Crippen LogP contribution in [-0.2, 0) is 6.54 Å². The van der Waals surface area contributed by atoms with Crippen molar-refractivity contribution < 1.29 is 19.0 Å². The van der Waals surface area contributed by atoms with Crippen molar-refractivity contribution in [2.45, 2.75) is 6.54 Å². The molecule has 0 unspecified atom stereocenters. The largest absolute Gasteiger partial charge is 0.497 e. The summed E-state index contributed by atoms with van der Waals surface area (Å²) in [4.78, 5) is 18.1. The molecule has 8 heteroatoms. The molecule has 1 aliphatic rings. The molecule has 1 amide bonds. The monoisotopic (exact) mass is 407 g/mol. The molecule has 0 saturated carbocycles. The molecule has 5 rings (SSSR count). The summed E-state index contributed by atoms with van der Waals surface area (Å²) in [5.74, 6) is 2.03. The highest BCUT2D eigenvalue weighted by atomic mass is 32.1. The number of amides is 1. The first-order valence-electron chi connectivity index (χ1n) is 8.99. The van der Waals surface area contributed by atoms with Crippen molar-refractivity contribution >= 4 is 22.2 Å². The van der Waals surface area contributed by atoms with E-state index in [2.05, 4.69) is 10.3 Å². The Morgan fingerprint density at radius 2 is 2.14 bits per heavy atom. The Labute approximate surface area is 170 Å². The van der Waals surface area contributed by atoms with Crippen molar-refractivity contribution in [2.24, 2.45) is 0 Å². The number of methoxy groups -OCH3 is 1. The normalized spacial score (nSPS) is 12.3. The number of aromatic nitrogens is 2. The van der Waals surface area contributed by atoms with E-state index in [4.69, 9.17) is 14.2 Å². The summed E-state index contributed by atoms with van der Waals surface area (Å²) in [5.41, 5.74) is 3.22. The molecule has 0 fully saturated rings. The fourth-order valence-electron chi connectivity index (χ4n) is 3.19. The maximum atomic E-state index is 12.7. The molecule has 2 aromatic heterocycles. The number of hydrogen-bond donors (Lipinski definition) is 1. The minimum absolute atomic E-state index is 0.163. The third-order valence-electron chi connectivity index (χ3n) is 4.70. The lowest BCUT2D eigenvalue weighted by Crippen LogP contribution is -2.23. The van der Waals surface area contributed by atoms with Crippen molar-refractivity contribution in [2.75, 3.05) is 13.9 Å². The van der Waals surface area contributed by atoms with Crippen molar-refractivity contribution in [3.63, 3.8) is 0 Å². The Balaban J connectivity index is 1.35. The third kappa shape index (κ3) is 3.27. The van der Waals surface area contributed by atoms with E-state index >= 15 is 0 Å². The standard InChI is InChI=1S/C21H17N3O4S/c1-26-15-4-2-3-14(8-15)16-10-24-17(11-29-21(24)23-16)20(25)22-9-13-5-6-18-19(7-13)28-12-27-18/h2-8,10-11H,9,12H2,1H3,(H,22,25). The zero-order valence-electron chi connectivity index (χ0n) is 15.5. The molecule has 1 aliphatic heterocycles. The summed E-state index contributed by atoms with van der Waals surface area (Å²) < 4.78 is 17.8. The van der Waals surface area contributed by atoms with Gasteiger partial charge in [0.25, 0.3) is 5.91 Å². The number of fused-ring (bicyclic) bond motifs is 2. The van der Waals surface area contributed by atoms with E-state index < -0.39 is 0 Å². The van der Waals surface area contributed by atoms with Gasteiger partial charge in [0.05, 0.1) is 12.8 Å². The van der Waals surface area contributed by atoms with Gasteiger partial charge in [-0.3, -0.25) is 9.20 Å². The van der Waals surface area contributed by atoms with Gasteiger partial charge in [0, 0.05) is 23.7 Å². The molecule has 0 radical (unpaired) electrons. The van der Waals surface area contributed by atoms with Crippen molar-refractivity contribution in [3.05, 3.63) is 65.3 Å². The topological polar surface area (TPSA) is 74.1 Å². The lowest BCUT2D eigenvalue weighted by Gasteiger charge is -2.06. The van der Waals surface area contributed by atoms with Crippen molar-refractivity contribution in [1.82, 2.24) is 14.7 Å². The van der Waals surface area contributed by atoms with Crippen LogP contribution < -0.4 is 19.5 Å². The molecule has 0 aliphatic carbocycles. The lowest BCUT2D eigenvalue weighted by atomic mass is 10.1. The molecule has 29 heavy (non-hydrogen) atoms. The van der Waals surface area contributed by atoms with E-state index in [1.54, 1.807) is 7.11 Å². The molecule has 146 valence electrons. The van der Waals surface area contributed by atoms with E-state index in [1.165, 1.54) is 11.3 Å². The zero-order valence-corrected chi connectivity index (χ0v) is 16.4. The predicted molar refractivity (Wildman–Crippen MR) is 109 cm³/mol. The molecule has 0 saturated heterocycles. The van der Waals surface area contributed by atoms with Crippen molar-refractivity contribution in [1.29, 1.82) is 0 Å². The van der Waals surface area contributed by atoms with Crippen LogP contribution in [0.3, 0.4) is 0 Å². The highest BCUT2D eigenvalue weighted by Gasteiger charge is 2.17. The summed E-state index contributed by atoms with van der Waals surface area (Å²) in [7, 11) is 1.63. The number of ether oxygens (including phenoxy) is 3. The molecule has 7 nitrogen and oxygen atoms in total. The first-order chi connectivity index (χ1) is 14.2. The van der Waals surface area contributed by atoms with Gasteiger partial charge in [-0.05, 0) is 29.8 Å². The second kappa shape index (κ2) is 7.14. The van der Waals surface area contributed by atoms with Crippen LogP contribution in [0.4, 0.5) is 0 Å². The summed E-state index contributed by atoms with van der Waals surface area (Å²) >= 11 is 1.43.